The highest BCUT2D eigenvalue weighted by atomic mass is 32.2. The van der Waals surface area contributed by atoms with Crippen molar-refractivity contribution < 1.29 is 19.7 Å². The largest absolute Gasteiger partial charge is 0.466 e. The summed E-state index contributed by atoms with van der Waals surface area (Å²) in [7, 11) is 1.30. The molecule has 0 aromatic heterocycles. The summed E-state index contributed by atoms with van der Waals surface area (Å²) in [6.07, 6.45) is 1.69. The monoisotopic (exact) mass is 190 g/mol. The second-order valence-electron chi connectivity index (χ2n) is 2.46. The second kappa shape index (κ2) is 3.47. The molecule has 68 valence electrons. The van der Waals surface area contributed by atoms with E-state index in [0.29, 0.717) is 11.3 Å². The van der Waals surface area contributed by atoms with Gasteiger partial charge in [0.05, 0.1) is 12.7 Å². The Hall–Kier alpha value is -0.520. The van der Waals surface area contributed by atoms with E-state index >= 15 is 0 Å². The van der Waals surface area contributed by atoms with Crippen molar-refractivity contribution >= 4 is 17.7 Å². The quantitative estimate of drug-likeness (QED) is 0.400. The fourth-order valence-corrected chi connectivity index (χ4v) is 1.94. The Morgan fingerprint density at radius 1 is 1.83 bits per heavy atom. The third-order valence-corrected chi connectivity index (χ3v) is 2.89. The molecule has 1 aliphatic rings. The Balaban J connectivity index is 2.82. The number of esters is 1. The molecule has 0 bridgehead atoms. The molecule has 1 heterocycles. The number of hydrogen-bond donors (Lipinski definition) is 1. The smallest absolute Gasteiger partial charge is 0.337 e. The van der Waals surface area contributed by atoms with E-state index in [1.807, 2.05) is 0 Å². The topological polar surface area (TPSA) is 55.8 Å². The van der Waals surface area contributed by atoms with Crippen LogP contribution in [0, 0.1) is 0 Å². The maximum atomic E-state index is 11.1. The number of ether oxygens (including phenoxy) is 1. The van der Waals surface area contributed by atoms with Crippen molar-refractivity contribution in [1.29, 1.82) is 0 Å². The van der Waals surface area contributed by atoms with Crippen LogP contribution < -0.4 is 0 Å². The molecule has 1 aliphatic heterocycles. The summed E-state index contributed by atoms with van der Waals surface area (Å²) in [5.74, 6) is 0.179. The van der Waals surface area contributed by atoms with Gasteiger partial charge in [0, 0.05) is 5.75 Å². The highest BCUT2D eigenvalue weighted by Crippen LogP contribution is 2.39. The molecule has 0 saturated carbocycles. The summed E-state index contributed by atoms with van der Waals surface area (Å²) >= 11 is 1.33. The summed E-state index contributed by atoms with van der Waals surface area (Å²) in [6.45, 7) is 1.62. The lowest BCUT2D eigenvalue weighted by Crippen LogP contribution is -2.28. The molecule has 1 rings (SSSR count). The van der Waals surface area contributed by atoms with E-state index in [4.69, 9.17) is 5.26 Å². The molecule has 0 radical (unpaired) electrons. The molecule has 4 nitrogen and oxygen atoms in total. The second-order valence-corrected chi connectivity index (χ2v) is 3.86. The Morgan fingerprint density at radius 2 is 2.50 bits per heavy atom. The molecule has 1 N–H and O–H groups in total. The van der Waals surface area contributed by atoms with Gasteiger partial charge in [-0.25, -0.2) is 9.68 Å². The number of carbonyl (C=O) groups is 1. The maximum Gasteiger partial charge on any atom is 0.337 e. The number of carbonyl (C=O) groups excluding carboxylic acids is 1. The first-order chi connectivity index (χ1) is 5.64. The van der Waals surface area contributed by atoms with Crippen LogP contribution in [0.4, 0.5) is 0 Å². The zero-order valence-corrected chi connectivity index (χ0v) is 7.68. The molecule has 0 fully saturated rings. The van der Waals surface area contributed by atoms with E-state index in [1.165, 1.54) is 18.9 Å². The lowest BCUT2D eigenvalue weighted by molar-refractivity contribution is -0.276. The van der Waals surface area contributed by atoms with Gasteiger partial charge in [0.2, 0.25) is 0 Å². The Bertz CT molecular complexity index is 225. The lowest BCUT2D eigenvalue weighted by atomic mass is 10.1. The van der Waals surface area contributed by atoms with Crippen molar-refractivity contribution in [2.75, 3.05) is 12.9 Å². The number of methoxy groups -OCH3 is 1. The van der Waals surface area contributed by atoms with Crippen molar-refractivity contribution in [3.05, 3.63) is 11.6 Å². The van der Waals surface area contributed by atoms with Gasteiger partial charge in [-0.1, -0.05) is 6.08 Å². The van der Waals surface area contributed by atoms with Crippen LogP contribution in [0.25, 0.3) is 0 Å². The molecule has 0 aromatic carbocycles. The molecule has 0 aliphatic carbocycles. The fourth-order valence-electron chi connectivity index (χ4n) is 1.00. The van der Waals surface area contributed by atoms with Gasteiger partial charge in [-0.05, 0) is 6.92 Å². The summed E-state index contributed by atoms with van der Waals surface area (Å²) in [4.78, 5) is 14.4. The van der Waals surface area contributed by atoms with E-state index in [2.05, 4.69) is 9.62 Å². The van der Waals surface area contributed by atoms with Crippen molar-refractivity contribution in [3.8, 4) is 0 Å². The molecule has 1 unspecified atom stereocenters. The average molecular weight is 190 g/mol. The average Bonchev–Trinajstić information content (AvgIpc) is 2.47. The summed E-state index contributed by atoms with van der Waals surface area (Å²) in [5.41, 5.74) is 0.359. The predicted molar refractivity (Wildman–Crippen MR) is 44.7 cm³/mol. The fraction of sp³-hybridized carbons (Fsp3) is 0.571. The SMILES string of the molecule is COC(=O)C1=CCSC1(C)OO. The van der Waals surface area contributed by atoms with Gasteiger partial charge in [-0.2, -0.15) is 0 Å². The van der Waals surface area contributed by atoms with Gasteiger partial charge in [0.1, 0.15) is 0 Å². The number of thioether (sulfide) groups is 1. The van der Waals surface area contributed by atoms with Gasteiger partial charge in [0.15, 0.2) is 4.93 Å². The van der Waals surface area contributed by atoms with Gasteiger partial charge in [0.25, 0.3) is 0 Å². The van der Waals surface area contributed by atoms with Crippen LogP contribution in [0.15, 0.2) is 11.6 Å². The minimum Gasteiger partial charge on any atom is -0.466 e. The minimum absolute atomic E-state index is 0.359. The van der Waals surface area contributed by atoms with Crippen molar-refractivity contribution in [2.24, 2.45) is 0 Å². The maximum absolute atomic E-state index is 11.1. The Kier molecular flexibility index (Phi) is 2.76. The highest BCUT2D eigenvalue weighted by Gasteiger charge is 2.39. The van der Waals surface area contributed by atoms with Crippen LogP contribution in [0.1, 0.15) is 6.92 Å². The normalized spacial score (nSPS) is 28.4. The number of hydrogen-bond acceptors (Lipinski definition) is 5. The van der Waals surface area contributed by atoms with E-state index in [1.54, 1.807) is 13.0 Å². The summed E-state index contributed by atoms with van der Waals surface area (Å²) in [6, 6.07) is 0. The van der Waals surface area contributed by atoms with Gasteiger partial charge in [-0.15, -0.1) is 11.8 Å². The van der Waals surface area contributed by atoms with Gasteiger partial charge >= 0.3 is 5.97 Å². The molecule has 0 spiro atoms. The molecular formula is C7H10O4S. The standard InChI is InChI=1S/C7H10O4S/c1-7(11-9)5(3-4-12-7)6(8)10-2/h3,9H,4H2,1-2H3. The third-order valence-electron chi connectivity index (χ3n) is 1.71. The highest BCUT2D eigenvalue weighted by molar-refractivity contribution is 8.01. The third kappa shape index (κ3) is 1.48. The van der Waals surface area contributed by atoms with E-state index in [9.17, 15) is 4.79 Å². The van der Waals surface area contributed by atoms with Gasteiger partial charge < -0.3 is 4.74 Å². The first kappa shape index (κ1) is 9.57. The first-order valence-electron chi connectivity index (χ1n) is 3.39. The Labute approximate surface area is 74.5 Å². The zero-order chi connectivity index (χ0) is 9.19. The van der Waals surface area contributed by atoms with Crippen LogP contribution in [0.5, 0.6) is 0 Å². The lowest BCUT2D eigenvalue weighted by Gasteiger charge is -2.20. The molecule has 0 aromatic rings. The molecule has 12 heavy (non-hydrogen) atoms. The van der Waals surface area contributed by atoms with E-state index < -0.39 is 10.9 Å². The predicted octanol–water partition coefficient (Wildman–Crippen LogP) is 1.04. The first-order valence-corrected chi connectivity index (χ1v) is 4.38. The van der Waals surface area contributed by atoms with Crippen LogP contribution in [0.2, 0.25) is 0 Å². The summed E-state index contributed by atoms with van der Waals surface area (Å²) in [5, 5.41) is 8.57. The molecule has 0 saturated heterocycles. The Morgan fingerprint density at radius 3 is 3.00 bits per heavy atom. The van der Waals surface area contributed by atoms with Crippen LogP contribution in [-0.4, -0.2) is 29.0 Å². The number of rotatable bonds is 2. The summed E-state index contributed by atoms with van der Waals surface area (Å²) < 4.78 is 4.52. The van der Waals surface area contributed by atoms with Crippen molar-refractivity contribution in [2.45, 2.75) is 11.9 Å². The molecule has 1 atom stereocenters. The van der Waals surface area contributed by atoms with Crippen LogP contribution in [0.3, 0.4) is 0 Å². The van der Waals surface area contributed by atoms with Gasteiger partial charge in [-0.3, -0.25) is 5.26 Å². The van der Waals surface area contributed by atoms with E-state index in [0.717, 1.165) is 0 Å². The molecule has 5 heteroatoms. The molecule has 0 amide bonds. The van der Waals surface area contributed by atoms with Crippen LogP contribution in [-0.2, 0) is 14.4 Å². The van der Waals surface area contributed by atoms with E-state index in [-0.39, 0.29) is 0 Å². The van der Waals surface area contributed by atoms with Crippen LogP contribution >= 0.6 is 11.8 Å². The van der Waals surface area contributed by atoms with Crippen molar-refractivity contribution in [1.82, 2.24) is 0 Å². The minimum atomic E-state index is -0.965. The van der Waals surface area contributed by atoms with Crippen molar-refractivity contribution in [3.63, 3.8) is 0 Å². The molecular weight excluding hydrogens is 180 g/mol. The zero-order valence-electron chi connectivity index (χ0n) is 6.86.